The first-order valence-electron chi connectivity index (χ1n) is 8.96. The Hall–Kier alpha value is -2.30. The van der Waals surface area contributed by atoms with Crippen LogP contribution in [0.15, 0.2) is 41.1 Å². The molecule has 0 amide bonds. The minimum absolute atomic E-state index is 0.0965. The van der Waals surface area contributed by atoms with E-state index in [4.69, 9.17) is 4.74 Å². The minimum atomic E-state index is -3.41. The van der Waals surface area contributed by atoms with Gasteiger partial charge in [0.05, 0.1) is 6.20 Å². The summed E-state index contributed by atoms with van der Waals surface area (Å²) in [6, 6.07) is 3.82. The zero-order valence-electron chi connectivity index (χ0n) is 15.6. The first kappa shape index (κ1) is 19.0. The van der Waals surface area contributed by atoms with Crippen LogP contribution in [0.5, 0.6) is 6.01 Å². The van der Waals surface area contributed by atoms with Gasteiger partial charge in [0.1, 0.15) is 10.3 Å². The van der Waals surface area contributed by atoms with Crippen molar-refractivity contribution in [1.29, 1.82) is 0 Å². The second-order valence-corrected chi connectivity index (χ2v) is 10.2. The summed E-state index contributed by atoms with van der Waals surface area (Å²) >= 11 is 1.31. The fraction of sp³-hybridized carbons (Fsp3) is 0.389. The van der Waals surface area contributed by atoms with E-state index in [2.05, 4.69) is 15.1 Å². The van der Waals surface area contributed by atoms with E-state index in [1.807, 2.05) is 26.2 Å². The van der Waals surface area contributed by atoms with Gasteiger partial charge < -0.3 is 4.74 Å². The highest BCUT2D eigenvalue weighted by Gasteiger charge is 2.31. The summed E-state index contributed by atoms with van der Waals surface area (Å²) in [5.41, 5.74) is 1.81. The molecule has 1 saturated heterocycles. The molecule has 0 N–H and O–H groups in total. The Morgan fingerprint density at radius 1 is 1.11 bits per heavy atom. The fourth-order valence-corrected chi connectivity index (χ4v) is 6.02. The number of sulfonamides is 1. The number of ether oxygens (including phenoxy) is 1. The molecule has 0 bridgehead atoms. The SMILES string of the molecule is Cc1ccc(S(=O)(=O)N2CCC(Oc3ncc(-c4cnn(C)c4)cn3)CC2)s1. The van der Waals surface area contributed by atoms with Crippen LogP contribution in [0.25, 0.3) is 11.1 Å². The van der Waals surface area contributed by atoms with Gasteiger partial charge in [-0.2, -0.15) is 9.40 Å². The van der Waals surface area contributed by atoms with Gasteiger partial charge >= 0.3 is 6.01 Å². The number of thiophene rings is 1. The van der Waals surface area contributed by atoms with E-state index in [1.165, 1.54) is 15.6 Å². The average molecular weight is 420 g/mol. The van der Waals surface area contributed by atoms with E-state index in [9.17, 15) is 8.42 Å². The van der Waals surface area contributed by atoms with Gasteiger partial charge in [0.15, 0.2) is 0 Å². The summed E-state index contributed by atoms with van der Waals surface area (Å²) in [5.74, 6) is 0. The molecule has 3 aromatic rings. The molecule has 4 heterocycles. The van der Waals surface area contributed by atoms with Crippen molar-refractivity contribution < 1.29 is 13.2 Å². The topological polar surface area (TPSA) is 90.2 Å². The van der Waals surface area contributed by atoms with Crippen molar-refractivity contribution in [2.24, 2.45) is 7.05 Å². The summed E-state index contributed by atoms with van der Waals surface area (Å²) in [6.45, 7) is 2.76. The van der Waals surface area contributed by atoms with E-state index in [0.717, 1.165) is 16.0 Å². The van der Waals surface area contributed by atoms with Crippen molar-refractivity contribution in [3.8, 4) is 17.1 Å². The van der Waals surface area contributed by atoms with Crippen LogP contribution in [0.3, 0.4) is 0 Å². The molecule has 4 rings (SSSR count). The van der Waals surface area contributed by atoms with Gasteiger partial charge in [-0.25, -0.2) is 18.4 Å². The molecule has 1 aliphatic rings. The van der Waals surface area contributed by atoms with Crippen LogP contribution >= 0.6 is 11.3 Å². The van der Waals surface area contributed by atoms with Crippen LogP contribution in [0.2, 0.25) is 0 Å². The molecule has 10 heteroatoms. The van der Waals surface area contributed by atoms with Gasteiger partial charge in [-0.1, -0.05) is 0 Å². The standard InChI is InChI=1S/C18H21N5O3S2/c1-13-3-4-17(27-13)28(24,25)23-7-5-16(6-8-23)26-18-19-9-14(10-20-18)15-11-21-22(2)12-15/h3-4,9-12,16H,5-8H2,1-2H3. The summed E-state index contributed by atoms with van der Waals surface area (Å²) in [4.78, 5) is 9.54. The minimum Gasteiger partial charge on any atom is -0.460 e. The van der Waals surface area contributed by atoms with Crippen LogP contribution in [0.1, 0.15) is 17.7 Å². The third-order valence-electron chi connectivity index (χ3n) is 4.65. The van der Waals surface area contributed by atoms with Crippen LogP contribution in [-0.2, 0) is 17.1 Å². The Balaban J connectivity index is 1.35. The molecule has 0 spiro atoms. The van der Waals surface area contributed by atoms with Crippen molar-refractivity contribution in [1.82, 2.24) is 24.1 Å². The number of piperidine rings is 1. The lowest BCUT2D eigenvalue weighted by Gasteiger charge is -2.30. The average Bonchev–Trinajstić information content (AvgIpc) is 3.32. The number of aromatic nitrogens is 4. The number of rotatable bonds is 5. The van der Waals surface area contributed by atoms with Crippen LogP contribution in [-0.4, -0.2) is 51.7 Å². The largest absolute Gasteiger partial charge is 0.460 e. The number of nitrogens with zero attached hydrogens (tertiary/aromatic N) is 5. The number of hydrogen-bond donors (Lipinski definition) is 0. The molecule has 0 unspecified atom stereocenters. The molecule has 0 aromatic carbocycles. The van der Waals surface area contributed by atoms with Crippen molar-refractivity contribution in [2.45, 2.75) is 30.1 Å². The Labute approximate surface area is 167 Å². The molecule has 1 aliphatic heterocycles. The molecule has 0 saturated carbocycles. The monoisotopic (exact) mass is 419 g/mol. The van der Waals surface area contributed by atoms with E-state index < -0.39 is 10.0 Å². The third kappa shape index (κ3) is 3.94. The molecule has 28 heavy (non-hydrogen) atoms. The Bertz CT molecular complexity index is 1050. The number of aryl methyl sites for hydroxylation is 2. The maximum Gasteiger partial charge on any atom is 0.316 e. The zero-order valence-corrected chi connectivity index (χ0v) is 17.3. The molecular weight excluding hydrogens is 398 g/mol. The lowest BCUT2D eigenvalue weighted by molar-refractivity contribution is 0.124. The van der Waals surface area contributed by atoms with Crippen LogP contribution in [0.4, 0.5) is 0 Å². The van der Waals surface area contributed by atoms with Gasteiger partial charge in [-0.15, -0.1) is 11.3 Å². The van der Waals surface area contributed by atoms with Gasteiger partial charge in [-0.3, -0.25) is 4.68 Å². The van der Waals surface area contributed by atoms with E-state index in [1.54, 1.807) is 29.3 Å². The first-order valence-corrected chi connectivity index (χ1v) is 11.2. The van der Waals surface area contributed by atoms with Crippen LogP contribution in [0, 0.1) is 6.92 Å². The highest BCUT2D eigenvalue weighted by atomic mass is 32.2. The third-order valence-corrected chi connectivity index (χ3v) is 8.02. The second kappa shape index (κ2) is 7.61. The van der Waals surface area contributed by atoms with Gasteiger partial charge in [-0.05, 0) is 31.9 Å². The predicted molar refractivity (Wildman–Crippen MR) is 106 cm³/mol. The normalized spacial score (nSPS) is 16.4. The molecule has 0 atom stereocenters. The molecule has 1 fully saturated rings. The molecule has 8 nitrogen and oxygen atoms in total. The predicted octanol–water partition coefficient (Wildman–Crippen LogP) is 2.48. The highest BCUT2D eigenvalue weighted by molar-refractivity contribution is 7.91. The quantitative estimate of drug-likeness (QED) is 0.631. The molecular formula is C18H21N5O3S2. The maximum absolute atomic E-state index is 12.7. The van der Waals surface area contributed by atoms with Gasteiger partial charge in [0.2, 0.25) is 0 Å². The van der Waals surface area contributed by atoms with E-state index >= 15 is 0 Å². The summed E-state index contributed by atoms with van der Waals surface area (Å²) in [6.07, 6.45) is 8.18. The molecule has 0 aliphatic carbocycles. The molecule has 148 valence electrons. The van der Waals surface area contributed by atoms with Gasteiger partial charge in [0, 0.05) is 54.7 Å². The zero-order chi connectivity index (χ0) is 19.7. The van der Waals surface area contributed by atoms with Crippen molar-refractivity contribution in [2.75, 3.05) is 13.1 Å². The highest BCUT2D eigenvalue weighted by Crippen LogP contribution is 2.27. The summed E-state index contributed by atoms with van der Waals surface area (Å²) in [7, 11) is -1.56. The second-order valence-electron chi connectivity index (χ2n) is 6.74. The van der Waals surface area contributed by atoms with Crippen molar-refractivity contribution in [3.63, 3.8) is 0 Å². The summed E-state index contributed by atoms with van der Waals surface area (Å²) < 4.78 is 34.9. The Kier molecular flexibility index (Phi) is 5.17. The smallest absolute Gasteiger partial charge is 0.316 e. The molecule has 3 aromatic heterocycles. The van der Waals surface area contributed by atoms with Gasteiger partial charge in [0.25, 0.3) is 10.0 Å². The first-order chi connectivity index (χ1) is 13.4. The van der Waals surface area contributed by atoms with Crippen LogP contribution < -0.4 is 4.74 Å². The maximum atomic E-state index is 12.7. The Morgan fingerprint density at radius 2 is 1.82 bits per heavy atom. The molecule has 0 radical (unpaired) electrons. The Morgan fingerprint density at radius 3 is 2.39 bits per heavy atom. The van der Waals surface area contributed by atoms with Crippen molar-refractivity contribution in [3.05, 3.63) is 41.8 Å². The lowest BCUT2D eigenvalue weighted by Crippen LogP contribution is -2.41. The summed E-state index contributed by atoms with van der Waals surface area (Å²) in [5, 5.41) is 4.14. The number of hydrogen-bond acceptors (Lipinski definition) is 7. The fourth-order valence-electron chi connectivity index (χ4n) is 3.11. The van der Waals surface area contributed by atoms with E-state index in [0.29, 0.717) is 36.2 Å². The van der Waals surface area contributed by atoms with Crippen molar-refractivity contribution >= 4 is 21.4 Å². The lowest BCUT2D eigenvalue weighted by atomic mass is 10.1. The van der Waals surface area contributed by atoms with E-state index in [-0.39, 0.29) is 6.10 Å².